The molecule has 0 saturated heterocycles. The van der Waals surface area contributed by atoms with E-state index in [0.29, 0.717) is 11.1 Å². The lowest BCUT2D eigenvalue weighted by molar-refractivity contribution is -0.111. The summed E-state index contributed by atoms with van der Waals surface area (Å²) in [7, 11) is 0. The number of hydrogen-bond donors (Lipinski definition) is 1. The Kier molecular flexibility index (Phi) is 4.11. The van der Waals surface area contributed by atoms with Gasteiger partial charge in [0.15, 0.2) is 5.78 Å². The van der Waals surface area contributed by atoms with Crippen molar-refractivity contribution >= 4 is 11.4 Å². The van der Waals surface area contributed by atoms with Gasteiger partial charge in [-0.15, -0.1) is 0 Å². The minimum atomic E-state index is -0.0148. The van der Waals surface area contributed by atoms with Gasteiger partial charge in [-0.05, 0) is 43.9 Å². The van der Waals surface area contributed by atoms with Crippen LogP contribution in [0.15, 0.2) is 18.2 Å². The Morgan fingerprint density at radius 2 is 1.88 bits per heavy atom. The van der Waals surface area contributed by atoms with E-state index < -0.39 is 0 Å². The topological polar surface area (TPSA) is 37.3 Å². The second-order valence-electron chi connectivity index (χ2n) is 4.86. The van der Waals surface area contributed by atoms with E-state index in [9.17, 15) is 9.90 Å². The van der Waals surface area contributed by atoms with Crippen LogP contribution in [0.1, 0.15) is 37.5 Å². The standard InChI is InChI=1S/C15H20O2/c1-9(2)6-13(12(5)16)14-8-10(3)7-11(4)15(14)17/h6-9,17H,1-5H3/b13-6+. The van der Waals surface area contributed by atoms with Crippen LogP contribution in [0.3, 0.4) is 0 Å². The molecule has 0 spiro atoms. The number of aryl methyl sites for hydroxylation is 2. The fourth-order valence-corrected chi connectivity index (χ4v) is 1.90. The Morgan fingerprint density at radius 3 is 2.35 bits per heavy atom. The number of phenols is 1. The first-order valence-corrected chi connectivity index (χ1v) is 5.86. The summed E-state index contributed by atoms with van der Waals surface area (Å²) < 4.78 is 0. The van der Waals surface area contributed by atoms with Gasteiger partial charge in [0.25, 0.3) is 0 Å². The maximum Gasteiger partial charge on any atom is 0.160 e. The van der Waals surface area contributed by atoms with Crippen LogP contribution in [0, 0.1) is 19.8 Å². The molecule has 92 valence electrons. The molecular weight excluding hydrogens is 212 g/mol. The van der Waals surface area contributed by atoms with E-state index >= 15 is 0 Å². The highest BCUT2D eigenvalue weighted by Crippen LogP contribution is 2.31. The SMILES string of the molecule is CC(=O)/C(=C\C(C)C)c1cc(C)cc(C)c1O. The summed E-state index contributed by atoms with van der Waals surface area (Å²) in [5.74, 6) is 0.464. The van der Waals surface area contributed by atoms with Gasteiger partial charge in [0.1, 0.15) is 5.75 Å². The van der Waals surface area contributed by atoms with Crippen molar-refractivity contribution in [2.45, 2.75) is 34.6 Å². The summed E-state index contributed by atoms with van der Waals surface area (Å²) in [4.78, 5) is 11.7. The van der Waals surface area contributed by atoms with Gasteiger partial charge in [0, 0.05) is 11.1 Å². The Labute approximate surface area is 103 Å². The number of hydrogen-bond acceptors (Lipinski definition) is 2. The zero-order chi connectivity index (χ0) is 13.2. The predicted molar refractivity (Wildman–Crippen MR) is 71.1 cm³/mol. The molecule has 0 unspecified atom stereocenters. The number of Topliss-reactive ketones (excluding diaryl/α,β-unsaturated/α-hetero) is 1. The molecular formula is C15H20O2. The number of phenolic OH excluding ortho intramolecular Hbond substituents is 1. The first kappa shape index (κ1) is 13.5. The molecule has 0 fully saturated rings. The molecule has 0 saturated carbocycles. The number of allylic oxidation sites excluding steroid dienone is 2. The molecule has 0 aromatic heterocycles. The lowest BCUT2D eigenvalue weighted by atomic mass is 9.94. The Bertz CT molecular complexity index is 468. The molecule has 2 nitrogen and oxygen atoms in total. The minimum absolute atomic E-state index is 0.0148. The number of ketones is 1. The molecule has 1 aromatic rings. The number of aromatic hydroxyl groups is 1. The Morgan fingerprint density at radius 1 is 1.29 bits per heavy atom. The summed E-state index contributed by atoms with van der Waals surface area (Å²) >= 11 is 0. The lowest BCUT2D eigenvalue weighted by Gasteiger charge is -2.11. The highest BCUT2D eigenvalue weighted by atomic mass is 16.3. The van der Waals surface area contributed by atoms with Crippen LogP contribution in [-0.4, -0.2) is 10.9 Å². The predicted octanol–water partition coefficient (Wildman–Crippen LogP) is 3.64. The van der Waals surface area contributed by atoms with E-state index in [1.54, 1.807) is 0 Å². The summed E-state index contributed by atoms with van der Waals surface area (Å²) in [5, 5.41) is 10.1. The van der Waals surface area contributed by atoms with Crippen LogP contribution in [0.4, 0.5) is 0 Å². The Hall–Kier alpha value is -1.57. The van der Waals surface area contributed by atoms with Crippen molar-refractivity contribution in [1.29, 1.82) is 0 Å². The van der Waals surface area contributed by atoms with E-state index in [-0.39, 0.29) is 17.5 Å². The molecule has 1 N–H and O–H groups in total. The van der Waals surface area contributed by atoms with Crippen LogP contribution in [-0.2, 0) is 4.79 Å². The summed E-state index contributed by atoms with van der Waals surface area (Å²) in [5.41, 5.74) is 3.09. The second kappa shape index (κ2) is 5.17. The molecule has 0 aliphatic carbocycles. The van der Waals surface area contributed by atoms with Gasteiger partial charge in [-0.2, -0.15) is 0 Å². The first-order chi connectivity index (χ1) is 7.82. The molecule has 0 bridgehead atoms. The normalized spacial score (nSPS) is 12.0. The summed E-state index contributed by atoms with van der Waals surface area (Å²) in [6, 6.07) is 3.77. The van der Waals surface area contributed by atoms with Crippen molar-refractivity contribution in [2.75, 3.05) is 0 Å². The molecule has 1 aromatic carbocycles. The monoisotopic (exact) mass is 232 g/mol. The van der Waals surface area contributed by atoms with Gasteiger partial charge in [-0.3, -0.25) is 4.79 Å². The van der Waals surface area contributed by atoms with E-state index in [1.807, 2.05) is 45.9 Å². The largest absolute Gasteiger partial charge is 0.507 e. The van der Waals surface area contributed by atoms with E-state index in [4.69, 9.17) is 0 Å². The molecule has 17 heavy (non-hydrogen) atoms. The van der Waals surface area contributed by atoms with Crippen LogP contribution in [0.25, 0.3) is 5.57 Å². The number of rotatable bonds is 3. The lowest BCUT2D eigenvalue weighted by Crippen LogP contribution is -2.00. The van der Waals surface area contributed by atoms with Crippen LogP contribution >= 0.6 is 0 Å². The highest BCUT2D eigenvalue weighted by molar-refractivity contribution is 6.20. The summed E-state index contributed by atoms with van der Waals surface area (Å²) in [6.07, 6.45) is 1.90. The van der Waals surface area contributed by atoms with Gasteiger partial charge in [-0.25, -0.2) is 0 Å². The fraction of sp³-hybridized carbons (Fsp3) is 0.400. The number of benzene rings is 1. The fourth-order valence-electron chi connectivity index (χ4n) is 1.90. The first-order valence-electron chi connectivity index (χ1n) is 5.86. The molecule has 0 aliphatic rings. The maximum atomic E-state index is 11.7. The number of carbonyl (C=O) groups is 1. The smallest absolute Gasteiger partial charge is 0.160 e. The van der Waals surface area contributed by atoms with Gasteiger partial charge < -0.3 is 5.11 Å². The third kappa shape index (κ3) is 3.19. The van der Waals surface area contributed by atoms with Gasteiger partial charge in [0.05, 0.1) is 0 Å². The van der Waals surface area contributed by atoms with Crippen LogP contribution in [0.2, 0.25) is 0 Å². The van der Waals surface area contributed by atoms with E-state index in [1.165, 1.54) is 6.92 Å². The quantitative estimate of drug-likeness (QED) is 0.808. The second-order valence-corrected chi connectivity index (χ2v) is 4.86. The van der Waals surface area contributed by atoms with Crippen molar-refractivity contribution in [2.24, 2.45) is 5.92 Å². The minimum Gasteiger partial charge on any atom is -0.507 e. The zero-order valence-corrected chi connectivity index (χ0v) is 11.2. The molecule has 0 radical (unpaired) electrons. The number of carbonyl (C=O) groups excluding carboxylic acids is 1. The molecule has 0 atom stereocenters. The van der Waals surface area contributed by atoms with Crippen molar-refractivity contribution < 1.29 is 9.90 Å². The van der Waals surface area contributed by atoms with Crippen molar-refractivity contribution in [1.82, 2.24) is 0 Å². The van der Waals surface area contributed by atoms with Gasteiger partial charge in [0.2, 0.25) is 0 Å². The Balaban J connectivity index is 3.44. The van der Waals surface area contributed by atoms with Crippen LogP contribution in [0.5, 0.6) is 5.75 Å². The average Bonchev–Trinajstić information content (AvgIpc) is 2.19. The molecule has 0 amide bonds. The maximum absolute atomic E-state index is 11.7. The highest BCUT2D eigenvalue weighted by Gasteiger charge is 2.14. The third-order valence-corrected chi connectivity index (χ3v) is 2.61. The van der Waals surface area contributed by atoms with E-state index in [2.05, 4.69) is 0 Å². The van der Waals surface area contributed by atoms with E-state index in [0.717, 1.165) is 11.1 Å². The van der Waals surface area contributed by atoms with Crippen molar-refractivity contribution in [3.8, 4) is 5.75 Å². The zero-order valence-electron chi connectivity index (χ0n) is 11.2. The van der Waals surface area contributed by atoms with Gasteiger partial charge >= 0.3 is 0 Å². The molecule has 0 aliphatic heterocycles. The molecule has 0 heterocycles. The van der Waals surface area contributed by atoms with Crippen molar-refractivity contribution in [3.05, 3.63) is 34.9 Å². The van der Waals surface area contributed by atoms with Gasteiger partial charge in [-0.1, -0.05) is 26.0 Å². The summed E-state index contributed by atoms with van der Waals surface area (Å²) in [6.45, 7) is 9.37. The third-order valence-electron chi connectivity index (χ3n) is 2.61. The van der Waals surface area contributed by atoms with Crippen LogP contribution < -0.4 is 0 Å². The molecule has 2 heteroatoms. The molecule has 1 rings (SSSR count). The van der Waals surface area contributed by atoms with Crippen molar-refractivity contribution in [3.63, 3.8) is 0 Å². The average molecular weight is 232 g/mol.